The number of aliphatic hydroxyl groups is 14. The van der Waals surface area contributed by atoms with E-state index in [-0.39, 0.29) is 0 Å². The van der Waals surface area contributed by atoms with Crippen LogP contribution in [0.1, 0.15) is 0 Å². The number of ether oxygens (including phenoxy) is 11. The number of aliphatic carboxylic acids is 3. The minimum Gasteiger partial charge on any atom is -0.479 e. The summed E-state index contributed by atoms with van der Waals surface area (Å²) >= 11 is 0. The summed E-state index contributed by atoms with van der Waals surface area (Å²) in [4.78, 5) is 37.0. The third kappa shape index (κ3) is 13.4. The topological polar surface area (TPSA) is 660 Å². The van der Waals surface area contributed by atoms with Crippen molar-refractivity contribution in [3.63, 3.8) is 0 Å². The Morgan fingerprint density at radius 1 is 0.329 bits per heavy atom. The molecule has 0 amide bonds. The van der Waals surface area contributed by atoms with Gasteiger partial charge in [0.1, 0.15) is 126 Å². The zero-order valence-corrected chi connectivity index (χ0v) is 41.7. The Kier molecular flexibility index (Phi) is 20.8. The molecule has 0 unspecified atom stereocenters. The molecular formula is C36H56O40S3. The summed E-state index contributed by atoms with van der Waals surface area (Å²) in [7, 11) is -16.8. The van der Waals surface area contributed by atoms with Crippen molar-refractivity contribution in [1.29, 1.82) is 0 Å². The summed E-state index contributed by atoms with van der Waals surface area (Å²) in [5.41, 5.74) is 0. The van der Waals surface area contributed by atoms with E-state index in [1.165, 1.54) is 0 Å². The molecule has 30 atom stereocenters. The lowest BCUT2D eigenvalue weighted by atomic mass is 9.96. The molecule has 0 aliphatic carbocycles. The van der Waals surface area contributed by atoms with Gasteiger partial charge in [0.15, 0.2) is 56.1 Å². The van der Waals surface area contributed by atoms with Crippen LogP contribution in [0.5, 0.6) is 0 Å². The fourth-order valence-corrected chi connectivity index (χ4v) is 12.7. The normalized spacial score (nSPS) is 47.5. The quantitative estimate of drug-likeness (QED) is 0.0534. The molecule has 0 aromatic heterocycles. The van der Waals surface area contributed by atoms with E-state index in [4.69, 9.17) is 52.1 Å². The van der Waals surface area contributed by atoms with Gasteiger partial charge in [0, 0.05) is 0 Å². The second kappa shape index (κ2) is 25.2. The van der Waals surface area contributed by atoms with Gasteiger partial charge in [0.25, 0.3) is 30.4 Å². The van der Waals surface area contributed by atoms with Gasteiger partial charge in [-0.05, 0) is 0 Å². The van der Waals surface area contributed by atoms with Crippen LogP contribution >= 0.6 is 0 Å². The molecule has 0 saturated carbocycles. The first kappa shape index (κ1) is 65.3. The van der Waals surface area contributed by atoms with Gasteiger partial charge in [-0.15, -0.1) is 0 Å². The van der Waals surface area contributed by atoms with Crippen LogP contribution in [0.25, 0.3) is 0 Å². The molecule has 6 aliphatic rings. The van der Waals surface area contributed by atoms with E-state index in [1.54, 1.807) is 0 Å². The first-order chi connectivity index (χ1) is 36.5. The molecule has 0 spiro atoms. The van der Waals surface area contributed by atoms with E-state index < -0.39 is 250 Å². The van der Waals surface area contributed by atoms with Crippen molar-refractivity contribution in [3.8, 4) is 0 Å². The van der Waals surface area contributed by atoms with Crippen molar-refractivity contribution in [3.05, 3.63) is 0 Å². The molecular weight excluding hydrogens is 1170 g/mol. The van der Waals surface area contributed by atoms with Crippen molar-refractivity contribution in [2.75, 3.05) is 19.8 Å². The molecule has 0 aromatic rings. The van der Waals surface area contributed by atoms with Gasteiger partial charge in [-0.3, -0.25) is 13.7 Å². The van der Waals surface area contributed by atoms with Gasteiger partial charge in [-0.1, -0.05) is 0 Å². The van der Waals surface area contributed by atoms with Crippen molar-refractivity contribution in [2.24, 2.45) is 0 Å². The lowest BCUT2D eigenvalue weighted by molar-refractivity contribution is -0.377. The van der Waals surface area contributed by atoms with Crippen LogP contribution < -0.4 is 0 Å². The number of hydrogen-bond acceptors (Lipinski definition) is 34. The Morgan fingerprint density at radius 3 is 0.899 bits per heavy atom. The smallest absolute Gasteiger partial charge is 0.335 e. The van der Waals surface area contributed by atoms with Crippen LogP contribution in [0.4, 0.5) is 0 Å². The van der Waals surface area contributed by atoms with Gasteiger partial charge in [-0.2, -0.15) is 25.3 Å². The maximum Gasteiger partial charge on any atom is 0.335 e. The summed E-state index contributed by atoms with van der Waals surface area (Å²) in [5.74, 6) is -6.38. The molecule has 6 heterocycles. The van der Waals surface area contributed by atoms with Gasteiger partial charge in [0.05, 0.1) is 19.8 Å². The standard InChI is InChI=1S/C36H56O40S3/c37-1-4-25(77(57,58)59)19(14(47)31(56)66-4)71-33-12(45)9(42)17(23(75-33)29(52)53)69-36-16(49)21(27(79(63,64)65)6(3-39)68-36)73-34-13(46)10(43)18(24(76-34)30(54)55)70-35-15(48)20(26(78(60,61)62)5(2-38)67-35)72-32-11(44)7(40)8(41)22(74-32)28(50)51/h4-27,31-49,56H,1-3H2,(H,50,51)(H,52,53)(H,54,55)(H,57,58,59)(H,60,61,62)(H,63,64,65)/t4-,5-,6-,7+,8+,9-,10-,11-,12-,13-,14-,15-,16-,17+,18+,19-,20-,21-,22+,23+,24+,25+,26+,27+,31-,32-,33-,34-,35+,36+/m1/s1. The molecule has 20 N–H and O–H groups in total. The second-order valence-corrected chi connectivity index (χ2v) is 23.1. The highest BCUT2D eigenvalue weighted by molar-refractivity contribution is 7.87. The lowest BCUT2D eigenvalue weighted by Crippen LogP contribution is -2.69. The number of carboxylic acid groups (broad SMARTS) is 3. The molecule has 0 aromatic carbocycles. The third-order valence-corrected chi connectivity index (χ3v) is 17.1. The molecule has 0 bridgehead atoms. The largest absolute Gasteiger partial charge is 0.479 e. The van der Waals surface area contributed by atoms with Crippen LogP contribution in [0, 0.1) is 0 Å². The number of carbonyl (C=O) groups is 3. The monoisotopic (exact) mass is 1220 g/mol. The minimum absolute atomic E-state index is 1.27. The van der Waals surface area contributed by atoms with Gasteiger partial charge in [-0.25, -0.2) is 14.4 Å². The average Bonchev–Trinajstić information content (AvgIpc) is 3.43. The second-order valence-electron chi connectivity index (χ2n) is 18.3. The van der Waals surface area contributed by atoms with Crippen molar-refractivity contribution >= 4 is 48.3 Å². The van der Waals surface area contributed by atoms with Crippen molar-refractivity contribution < 1.29 is 192 Å². The van der Waals surface area contributed by atoms with E-state index in [9.17, 15) is 140 Å². The van der Waals surface area contributed by atoms with Crippen LogP contribution in [0.2, 0.25) is 0 Å². The highest BCUT2D eigenvalue weighted by Gasteiger charge is 2.62. The molecule has 40 nitrogen and oxygen atoms in total. The van der Waals surface area contributed by atoms with Gasteiger partial charge < -0.3 is 139 Å². The van der Waals surface area contributed by atoms with E-state index in [0.717, 1.165) is 0 Å². The zero-order chi connectivity index (χ0) is 59.5. The molecule has 6 saturated heterocycles. The Bertz CT molecular complexity index is 2470. The predicted octanol–water partition coefficient (Wildman–Crippen LogP) is -14.1. The van der Waals surface area contributed by atoms with E-state index in [0.29, 0.717) is 0 Å². The van der Waals surface area contributed by atoms with Crippen LogP contribution in [0.15, 0.2) is 0 Å². The van der Waals surface area contributed by atoms with E-state index >= 15 is 0 Å². The summed E-state index contributed by atoms with van der Waals surface area (Å²) in [5, 5.41) is 171. The fraction of sp³-hybridized carbons (Fsp3) is 0.917. The first-order valence-corrected chi connectivity index (χ1v) is 27.1. The Hall–Kier alpha value is -2.86. The number of carboxylic acids is 3. The maximum atomic E-state index is 12.8. The van der Waals surface area contributed by atoms with E-state index in [1.807, 2.05) is 0 Å². The molecule has 0 radical (unpaired) electrons. The molecule has 6 aliphatic heterocycles. The molecule has 79 heavy (non-hydrogen) atoms. The summed E-state index contributed by atoms with van der Waals surface area (Å²) in [6.07, 6.45) is -69.8. The first-order valence-electron chi connectivity index (χ1n) is 22.6. The molecule has 43 heteroatoms. The van der Waals surface area contributed by atoms with Gasteiger partial charge >= 0.3 is 17.9 Å². The fourth-order valence-electron chi connectivity index (χ4n) is 9.45. The molecule has 6 rings (SSSR count). The van der Waals surface area contributed by atoms with Crippen molar-refractivity contribution in [2.45, 2.75) is 182 Å². The average molecular weight is 1230 g/mol. The van der Waals surface area contributed by atoms with Crippen LogP contribution in [0.3, 0.4) is 0 Å². The predicted molar refractivity (Wildman–Crippen MR) is 229 cm³/mol. The SMILES string of the molecule is O=C(O)[C@H]1O[C@@H](O[C@@H]2[C@@H](O)[C@H](O[C@H]3[C@H](O)[C@@H](O)[C@H](O[C@@H]4[C@@H](O)[C@H](O[C@H]5[C@H](O)[C@@H](O)[C@H](O[C@@H]6[C@@H](O)[C@H](O)O[C@H](CO)[C@@H]6S(=O)(=O)O)O[C@@H]5C(=O)O)O[C@H](CO)[C@@H]4S(=O)(=O)O)O[C@@H]3C(=O)O)O[C@H](CO)[C@@H]2S(=O)(=O)O)[C@H](O)[C@@H](O)[C@@H]1O. The molecule has 458 valence electrons. The Labute approximate surface area is 441 Å². The molecule has 6 fully saturated rings. The van der Waals surface area contributed by atoms with Crippen LogP contribution in [-0.2, 0) is 96.8 Å². The van der Waals surface area contributed by atoms with E-state index in [2.05, 4.69) is 0 Å². The third-order valence-electron chi connectivity index (χ3n) is 13.3. The number of hydrogen-bond donors (Lipinski definition) is 20. The Balaban J connectivity index is 1.25. The maximum absolute atomic E-state index is 12.8. The Morgan fingerprint density at radius 2 is 0.595 bits per heavy atom. The number of rotatable bonds is 19. The highest BCUT2D eigenvalue weighted by Crippen LogP contribution is 2.39. The van der Waals surface area contributed by atoms with Crippen LogP contribution in [-0.4, -0.2) is 345 Å². The minimum atomic E-state index is -5.76. The van der Waals surface area contributed by atoms with Crippen molar-refractivity contribution in [1.82, 2.24) is 0 Å². The number of aliphatic hydroxyl groups excluding tert-OH is 14. The highest BCUT2D eigenvalue weighted by atomic mass is 32.2. The van der Waals surface area contributed by atoms with Gasteiger partial charge in [0.2, 0.25) is 0 Å². The lowest BCUT2D eigenvalue weighted by Gasteiger charge is -2.49. The zero-order valence-electron chi connectivity index (χ0n) is 39.3. The summed E-state index contributed by atoms with van der Waals surface area (Å²) in [6.45, 7) is -4.29. The summed E-state index contributed by atoms with van der Waals surface area (Å²) < 4.78 is 163. The summed E-state index contributed by atoms with van der Waals surface area (Å²) in [6, 6.07) is 0.